The minimum absolute atomic E-state index is 0.100. The third-order valence-corrected chi connectivity index (χ3v) is 4.12. The summed E-state index contributed by atoms with van der Waals surface area (Å²) in [4.78, 5) is 34.5. The molecule has 0 saturated heterocycles. The van der Waals surface area contributed by atoms with E-state index in [1.807, 2.05) is 24.3 Å². The number of carbonyl (C=O) groups is 3. The zero-order chi connectivity index (χ0) is 21.7. The number of nitrogens with zero attached hydrogens (tertiary/aromatic N) is 2. The van der Waals surface area contributed by atoms with Crippen molar-refractivity contribution in [3.63, 3.8) is 0 Å². The maximum absolute atomic E-state index is 11.9. The molecular weight excluding hydrogens is 386 g/mol. The highest BCUT2D eigenvalue weighted by Gasteiger charge is 2.16. The van der Waals surface area contributed by atoms with Crippen molar-refractivity contribution in [1.82, 2.24) is 9.78 Å². The summed E-state index contributed by atoms with van der Waals surface area (Å²) in [6.45, 7) is 3.66. The predicted octanol–water partition coefficient (Wildman–Crippen LogP) is 2.47. The van der Waals surface area contributed by atoms with Crippen molar-refractivity contribution >= 4 is 23.6 Å². The number of nitrogens with one attached hydrogen (secondary N) is 1. The normalized spacial score (nSPS) is 10.3. The van der Waals surface area contributed by atoms with Crippen molar-refractivity contribution in [1.29, 1.82) is 0 Å². The smallest absolute Gasteiger partial charge is 0.338 e. The fourth-order valence-electron chi connectivity index (χ4n) is 2.74. The van der Waals surface area contributed by atoms with Gasteiger partial charge in [-0.1, -0.05) is 36.9 Å². The molecule has 2 aromatic carbocycles. The van der Waals surface area contributed by atoms with Crippen LogP contribution >= 0.6 is 0 Å². The number of primary amides is 2. The number of aromatic nitrogens is 2. The average molecular weight is 405 g/mol. The molecule has 5 N–H and O–H groups in total. The Bertz CT molecular complexity index is 1100. The van der Waals surface area contributed by atoms with Crippen LogP contribution in [-0.4, -0.2) is 34.3 Å². The first-order valence-corrected chi connectivity index (χ1v) is 8.84. The zero-order valence-corrected chi connectivity index (χ0v) is 15.9. The lowest BCUT2D eigenvalue weighted by Gasteiger charge is -2.06. The molecule has 1 heterocycles. The highest BCUT2D eigenvalue weighted by Crippen LogP contribution is 2.23. The highest BCUT2D eigenvalue weighted by atomic mass is 16.5. The van der Waals surface area contributed by atoms with Gasteiger partial charge in [0, 0.05) is 0 Å². The number of ether oxygens (including phenoxy) is 1. The second-order valence-electron chi connectivity index (χ2n) is 6.20. The molecule has 0 radical (unpaired) electrons. The number of urea groups is 1. The van der Waals surface area contributed by atoms with E-state index in [1.165, 1.54) is 17.0 Å². The molecule has 0 aliphatic heterocycles. The lowest BCUT2D eigenvalue weighted by atomic mass is 10.0. The topological polar surface area (TPSA) is 142 Å². The first kappa shape index (κ1) is 20.3. The molecule has 0 aliphatic rings. The Hall–Kier alpha value is -4.40. The van der Waals surface area contributed by atoms with E-state index in [1.54, 1.807) is 24.3 Å². The van der Waals surface area contributed by atoms with E-state index in [9.17, 15) is 14.4 Å². The number of rotatable bonds is 7. The molecule has 9 nitrogen and oxygen atoms in total. The quantitative estimate of drug-likeness (QED) is 0.409. The fraction of sp³-hybridized carbons (Fsp3) is 0.0476. The van der Waals surface area contributed by atoms with Crippen LogP contribution in [0.2, 0.25) is 0 Å². The van der Waals surface area contributed by atoms with E-state index >= 15 is 0 Å². The van der Waals surface area contributed by atoms with Crippen LogP contribution in [0, 0.1) is 0 Å². The van der Waals surface area contributed by atoms with E-state index in [-0.39, 0.29) is 18.0 Å². The lowest BCUT2D eigenvalue weighted by molar-refractivity contribution is 0.0549. The third-order valence-electron chi connectivity index (χ3n) is 4.12. The van der Waals surface area contributed by atoms with Crippen LogP contribution in [0.5, 0.6) is 0 Å². The molecule has 1 aromatic heterocycles. The summed E-state index contributed by atoms with van der Waals surface area (Å²) in [5.74, 6) is -1.21. The molecular formula is C21H19N5O4. The molecule has 0 saturated carbocycles. The molecule has 3 rings (SSSR count). The first-order valence-electron chi connectivity index (χ1n) is 8.84. The van der Waals surface area contributed by atoms with Gasteiger partial charge in [-0.2, -0.15) is 5.10 Å². The molecule has 0 bridgehead atoms. The van der Waals surface area contributed by atoms with Crippen molar-refractivity contribution in [3.05, 3.63) is 78.6 Å². The molecule has 0 aliphatic carbocycles. The Balaban J connectivity index is 1.81. The van der Waals surface area contributed by atoms with Crippen LogP contribution in [-0.2, 0) is 4.74 Å². The van der Waals surface area contributed by atoms with E-state index in [0.29, 0.717) is 11.3 Å². The van der Waals surface area contributed by atoms with Gasteiger partial charge < -0.3 is 21.5 Å². The molecule has 0 spiro atoms. The molecule has 152 valence electrons. The molecule has 30 heavy (non-hydrogen) atoms. The van der Waals surface area contributed by atoms with Gasteiger partial charge in [0.25, 0.3) is 5.91 Å². The van der Waals surface area contributed by atoms with Crippen molar-refractivity contribution in [2.75, 3.05) is 11.9 Å². The van der Waals surface area contributed by atoms with Gasteiger partial charge >= 0.3 is 12.0 Å². The SMILES string of the molecule is C=CCOC(=O)c1ccc(-c2ccc(-n3cc(NC(N)=O)c(C(N)=O)n3)cc2)cc1. The van der Waals surface area contributed by atoms with Crippen LogP contribution in [0.25, 0.3) is 16.8 Å². The summed E-state index contributed by atoms with van der Waals surface area (Å²) in [7, 11) is 0. The van der Waals surface area contributed by atoms with Crippen molar-refractivity contribution < 1.29 is 19.1 Å². The van der Waals surface area contributed by atoms with Gasteiger partial charge in [0.05, 0.1) is 23.1 Å². The first-order chi connectivity index (χ1) is 14.4. The van der Waals surface area contributed by atoms with Crippen LogP contribution in [0.3, 0.4) is 0 Å². The number of carbonyl (C=O) groups excluding carboxylic acids is 3. The zero-order valence-electron chi connectivity index (χ0n) is 15.9. The summed E-state index contributed by atoms with van der Waals surface area (Å²) in [5, 5.41) is 6.43. The molecule has 0 unspecified atom stereocenters. The van der Waals surface area contributed by atoms with Crippen LogP contribution in [0.15, 0.2) is 67.4 Å². The summed E-state index contributed by atoms with van der Waals surface area (Å²) in [5.41, 5.74) is 13.3. The Morgan fingerprint density at radius 1 is 1.03 bits per heavy atom. The van der Waals surface area contributed by atoms with E-state index in [4.69, 9.17) is 16.2 Å². The average Bonchev–Trinajstić information content (AvgIpc) is 3.15. The van der Waals surface area contributed by atoms with Gasteiger partial charge in [0.1, 0.15) is 6.61 Å². The molecule has 3 aromatic rings. The van der Waals surface area contributed by atoms with Crippen LogP contribution in [0.1, 0.15) is 20.8 Å². The van der Waals surface area contributed by atoms with Gasteiger partial charge in [-0.15, -0.1) is 0 Å². The standard InChI is InChI=1S/C21H19N5O4/c1-2-11-30-20(28)15-5-3-13(4-6-15)14-7-9-16(10-8-14)26-12-17(24-21(23)29)18(25-26)19(22)27/h2-10,12H,1,11H2,(H2,22,27)(H3,23,24,29). The minimum atomic E-state index is -0.829. The third kappa shape index (κ3) is 4.53. The van der Waals surface area contributed by atoms with Crippen molar-refractivity contribution in [2.45, 2.75) is 0 Å². The van der Waals surface area contributed by atoms with Gasteiger partial charge in [0.15, 0.2) is 5.69 Å². The maximum Gasteiger partial charge on any atom is 0.338 e. The number of amides is 3. The number of esters is 1. The van der Waals surface area contributed by atoms with Crippen LogP contribution < -0.4 is 16.8 Å². The Morgan fingerprint density at radius 2 is 1.63 bits per heavy atom. The van der Waals surface area contributed by atoms with Gasteiger partial charge in [-0.05, 0) is 35.4 Å². The monoisotopic (exact) mass is 405 g/mol. The van der Waals surface area contributed by atoms with E-state index in [0.717, 1.165) is 11.1 Å². The Labute approximate surface area is 171 Å². The molecule has 0 atom stereocenters. The Morgan fingerprint density at radius 3 is 2.17 bits per heavy atom. The Kier molecular flexibility index (Phi) is 5.92. The van der Waals surface area contributed by atoms with Gasteiger partial charge in [-0.3, -0.25) is 4.79 Å². The molecule has 3 amide bonds. The molecule has 0 fully saturated rings. The fourth-order valence-corrected chi connectivity index (χ4v) is 2.74. The van der Waals surface area contributed by atoms with Crippen LogP contribution in [0.4, 0.5) is 10.5 Å². The van der Waals surface area contributed by atoms with Crippen molar-refractivity contribution in [2.24, 2.45) is 11.5 Å². The minimum Gasteiger partial charge on any atom is -0.458 e. The predicted molar refractivity (Wildman–Crippen MR) is 111 cm³/mol. The number of hydrogen-bond acceptors (Lipinski definition) is 5. The second kappa shape index (κ2) is 8.74. The number of nitrogens with two attached hydrogens (primary N) is 2. The lowest BCUT2D eigenvalue weighted by Crippen LogP contribution is -2.22. The number of anilines is 1. The number of benzene rings is 2. The van der Waals surface area contributed by atoms with Gasteiger partial charge in [-0.25, -0.2) is 14.3 Å². The van der Waals surface area contributed by atoms with Crippen molar-refractivity contribution in [3.8, 4) is 16.8 Å². The summed E-state index contributed by atoms with van der Waals surface area (Å²) in [6, 6.07) is 13.4. The van der Waals surface area contributed by atoms with E-state index in [2.05, 4.69) is 17.0 Å². The highest BCUT2D eigenvalue weighted by molar-refractivity contribution is 6.00. The summed E-state index contributed by atoms with van der Waals surface area (Å²) < 4.78 is 6.42. The summed E-state index contributed by atoms with van der Waals surface area (Å²) >= 11 is 0. The number of hydrogen-bond donors (Lipinski definition) is 3. The van der Waals surface area contributed by atoms with Gasteiger partial charge in [0.2, 0.25) is 0 Å². The maximum atomic E-state index is 11.9. The van der Waals surface area contributed by atoms with E-state index < -0.39 is 17.9 Å². The second-order valence-corrected chi connectivity index (χ2v) is 6.20. The largest absolute Gasteiger partial charge is 0.458 e. The summed E-state index contributed by atoms with van der Waals surface area (Å²) in [6.07, 6.45) is 2.95. The molecule has 9 heteroatoms.